The number of rotatable bonds is 2. The molecule has 2 amide bonds. The van der Waals surface area contributed by atoms with E-state index in [2.05, 4.69) is 10.2 Å². The van der Waals surface area contributed by atoms with Crippen LogP contribution in [0, 0.1) is 6.92 Å². The fourth-order valence-corrected chi connectivity index (χ4v) is 3.54. The number of hydrogen-bond acceptors (Lipinski definition) is 5. The Morgan fingerprint density at radius 2 is 1.88 bits per heavy atom. The van der Waals surface area contributed by atoms with E-state index >= 15 is 0 Å². The van der Waals surface area contributed by atoms with Crippen molar-refractivity contribution < 1.29 is 14.3 Å². The van der Waals surface area contributed by atoms with Gasteiger partial charge in [0, 0.05) is 31.1 Å². The molecule has 2 aromatic rings. The zero-order chi connectivity index (χ0) is 18.3. The minimum absolute atomic E-state index is 0.0472. The van der Waals surface area contributed by atoms with Crippen LogP contribution in [0.3, 0.4) is 0 Å². The first-order chi connectivity index (χ1) is 12.5. The van der Waals surface area contributed by atoms with Gasteiger partial charge in [-0.1, -0.05) is 12.1 Å². The third-order valence-electron chi connectivity index (χ3n) is 4.97. The predicted molar refractivity (Wildman–Crippen MR) is 94.6 cm³/mol. The van der Waals surface area contributed by atoms with Gasteiger partial charge in [-0.2, -0.15) is 10.2 Å². The summed E-state index contributed by atoms with van der Waals surface area (Å²) < 4.78 is 5.50. The average molecular weight is 352 g/mol. The molecule has 0 aliphatic carbocycles. The van der Waals surface area contributed by atoms with Crippen molar-refractivity contribution in [1.29, 1.82) is 0 Å². The van der Waals surface area contributed by atoms with Gasteiger partial charge in [0.15, 0.2) is 5.60 Å². The largest absolute Gasteiger partial charge is 0.439 e. The van der Waals surface area contributed by atoms with Gasteiger partial charge in [-0.15, -0.1) is 0 Å². The Morgan fingerprint density at radius 3 is 2.50 bits per heavy atom. The van der Waals surface area contributed by atoms with Gasteiger partial charge < -0.3 is 14.5 Å². The molecule has 1 aromatic heterocycles. The molecule has 0 unspecified atom stereocenters. The summed E-state index contributed by atoms with van der Waals surface area (Å²) in [7, 11) is 1.72. The van der Waals surface area contributed by atoms with Crippen LogP contribution in [-0.4, -0.2) is 64.3 Å². The van der Waals surface area contributed by atoms with Crippen LogP contribution in [0.1, 0.15) is 22.5 Å². The van der Waals surface area contributed by atoms with Crippen LogP contribution in [0.5, 0.6) is 0 Å². The first kappa shape index (κ1) is 16.5. The van der Waals surface area contributed by atoms with Crippen LogP contribution in [0.15, 0.2) is 36.4 Å². The van der Waals surface area contributed by atoms with Crippen molar-refractivity contribution in [3.8, 4) is 11.3 Å². The van der Waals surface area contributed by atoms with Gasteiger partial charge in [0.1, 0.15) is 0 Å². The highest BCUT2D eigenvalue weighted by Crippen LogP contribution is 2.32. The molecule has 0 bridgehead atoms. The van der Waals surface area contributed by atoms with E-state index in [1.807, 2.05) is 31.2 Å². The van der Waals surface area contributed by atoms with E-state index in [4.69, 9.17) is 4.74 Å². The van der Waals surface area contributed by atoms with Gasteiger partial charge in [-0.3, -0.25) is 4.79 Å². The van der Waals surface area contributed by atoms with E-state index in [0.717, 1.165) is 17.0 Å². The third-order valence-corrected chi connectivity index (χ3v) is 4.97. The van der Waals surface area contributed by atoms with Crippen molar-refractivity contribution >= 4 is 12.0 Å². The molecule has 0 saturated carbocycles. The van der Waals surface area contributed by atoms with Crippen LogP contribution in [0.2, 0.25) is 0 Å². The minimum atomic E-state index is -0.557. The zero-order valence-electron chi connectivity index (χ0n) is 14.8. The Kier molecular flexibility index (Phi) is 3.86. The minimum Gasteiger partial charge on any atom is -0.439 e. The monoisotopic (exact) mass is 352 g/mol. The second kappa shape index (κ2) is 6.09. The Morgan fingerprint density at radius 1 is 1.12 bits per heavy atom. The smallest absolute Gasteiger partial charge is 0.410 e. The molecule has 4 rings (SSSR count). The van der Waals surface area contributed by atoms with E-state index in [-0.39, 0.29) is 12.0 Å². The second-order valence-corrected chi connectivity index (χ2v) is 7.02. The van der Waals surface area contributed by atoms with Crippen molar-refractivity contribution in [3.05, 3.63) is 47.7 Å². The number of amides is 2. The van der Waals surface area contributed by atoms with Gasteiger partial charge in [0.25, 0.3) is 5.91 Å². The van der Waals surface area contributed by atoms with E-state index in [9.17, 15) is 9.59 Å². The standard InChI is InChI=1S/C19H20N4O3/c1-13-3-8-16(21-20-13)14-4-6-15(7-5-14)17(24)23-10-9-19(12-23)11-22(2)18(25)26-19/h3-8H,9-12H2,1-2H3/t19-/m0/s1. The van der Waals surface area contributed by atoms with Gasteiger partial charge in [0.2, 0.25) is 0 Å². The molecule has 2 aliphatic heterocycles. The number of likely N-dealkylation sites (N-methyl/N-ethyl adjacent to an activating group) is 1. The number of likely N-dealkylation sites (tertiary alicyclic amines) is 1. The molecule has 0 radical (unpaired) electrons. The van der Waals surface area contributed by atoms with Crippen molar-refractivity contribution in [1.82, 2.24) is 20.0 Å². The van der Waals surface area contributed by atoms with E-state index in [0.29, 0.717) is 31.6 Å². The lowest BCUT2D eigenvalue weighted by molar-refractivity contribution is 0.0553. The Labute approximate surface area is 151 Å². The summed E-state index contributed by atoms with van der Waals surface area (Å²) in [6.07, 6.45) is 0.356. The van der Waals surface area contributed by atoms with E-state index in [1.165, 1.54) is 0 Å². The fourth-order valence-electron chi connectivity index (χ4n) is 3.54. The summed E-state index contributed by atoms with van der Waals surface area (Å²) in [5.41, 5.74) is 2.61. The number of carbonyl (C=O) groups excluding carboxylic acids is 2. The Hall–Kier alpha value is -2.96. The lowest BCUT2D eigenvalue weighted by Gasteiger charge is -2.21. The molecule has 0 N–H and O–H groups in total. The number of carbonyl (C=O) groups is 2. The maximum Gasteiger partial charge on any atom is 0.410 e. The maximum absolute atomic E-state index is 12.8. The van der Waals surface area contributed by atoms with Gasteiger partial charge in [0.05, 0.1) is 24.5 Å². The third kappa shape index (κ3) is 2.89. The maximum atomic E-state index is 12.8. The summed E-state index contributed by atoms with van der Waals surface area (Å²) in [5, 5.41) is 8.22. The molecule has 3 heterocycles. The lowest BCUT2D eigenvalue weighted by Crippen LogP contribution is -2.39. The first-order valence-corrected chi connectivity index (χ1v) is 8.60. The quantitative estimate of drug-likeness (QED) is 0.827. The number of hydrogen-bond donors (Lipinski definition) is 0. The van der Waals surface area contributed by atoms with Crippen molar-refractivity contribution in [2.45, 2.75) is 18.9 Å². The van der Waals surface area contributed by atoms with Crippen LogP contribution in [0.25, 0.3) is 11.3 Å². The molecule has 2 fully saturated rings. The summed E-state index contributed by atoms with van der Waals surface area (Å²) >= 11 is 0. The van der Waals surface area contributed by atoms with Crippen molar-refractivity contribution in [3.63, 3.8) is 0 Å². The van der Waals surface area contributed by atoms with E-state index in [1.54, 1.807) is 29.0 Å². The molecular weight excluding hydrogens is 332 g/mol. The van der Waals surface area contributed by atoms with Crippen molar-refractivity contribution in [2.24, 2.45) is 0 Å². The highest BCUT2D eigenvalue weighted by Gasteiger charge is 2.49. The molecular formula is C19H20N4O3. The number of benzene rings is 1. The second-order valence-electron chi connectivity index (χ2n) is 7.02. The summed E-state index contributed by atoms with van der Waals surface area (Å²) in [4.78, 5) is 27.8. The molecule has 7 heteroatoms. The molecule has 1 spiro atoms. The summed E-state index contributed by atoms with van der Waals surface area (Å²) in [6, 6.07) is 11.2. The molecule has 26 heavy (non-hydrogen) atoms. The highest BCUT2D eigenvalue weighted by molar-refractivity contribution is 5.95. The number of aromatic nitrogens is 2. The fraction of sp³-hybridized carbons (Fsp3) is 0.368. The predicted octanol–water partition coefficient (Wildman–Crippen LogP) is 2.12. The van der Waals surface area contributed by atoms with Crippen molar-refractivity contribution in [2.75, 3.05) is 26.7 Å². The molecule has 7 nitrogen and oxygen atoms in total. The van der Waals surface area contributed by atoms with Crippen LogP contribution in [-0.2, 0) is 4.74 Å². The topological polar surface area (TPSA) is 75.6 Å². The van der Waals surface area contributed by atoms with Crippen LogP contribution < -0.4 is 0 Å². The number of ether oxygens (including phenoxy) is 1. The summed E-state index contributed by atoms with van der Waals surface area (Å²) in [6.45, 7) is 3.44. The Bertz CT molecular complexity index is 850. The number of aryl methyl sites for hydroxylation is 1. The zero-order valence-corrected chi connectivity index (χ0v) is 14.8. The summed E-state index contributed by atoms with van der Waals surface area (Å²) in [5.74, 6) is -0.0472. The lowest BCUT2D eigenvalue weighted by atomic mass is 10.0. The highest BCUT2D eigenvalue weighted by atomic mass is 16.6. The molecule has 134 valence electrons. The normalized spacial score (nSPS) is 22.2. The number of nitrogens with zero attached hydrogens (tertiary/aromatic N) is 4. The molecule has 1 aromatic carbocycles. The van der Waals surface area contributed by atoms with Gasteiger partial charge >= 0.3 is 6.09 Å². The molecule has 2 aliphatic rings. The van der Waals surface area contributed by atoms with Gasteiger partial charge in [-0.05, 0) is 31.2 Å². The SMILES string of the molecule is Cc1ccc(-c2ccc(C(=O)N3CC[C@]4(CN(C)C(=O)O4)C3)cc2)nn1. The van der Waals surface area contributed by atoms with Gasteiger partial charge in [-0.25, -0.2) is 4.79 Å². The van der Waals surface area contributed by atoms with E-state index < -0.39 is 5.60 Å². The average Bonchev–Trinajstić information content (AvgIpc) is 3.17. The van der Waals surface area contributed by atoms with Crippen LogP contribution >= 0.6 is 0 Å². The first-order valence-electron chi connectivity index (χ1n) is 8.60. The van der Waals surface area contributed by atoms with Crippen LogP contribution in [0.4, 0.5) is 4.79 Å². The molecule has 1 atom stereocenters. The Balaban J connectivity index is 1.47. The molecule has 2 saturated heterocycles.